The molecule has 0 bridgehead atoms. The van der Waals surface area contributed by atoms with E-state index in [0.29, 0.717) is 12.8 Å². The van der Waals surface area contributed by atoms with Crippen LogP contribution in [-0.2, 0) is 24.1 Å². The summed E-state index contributed by atoms with van der Waals surface area (Å²) in [6.07, 6.45) is 2.71. The summed E-state index contributed by atoms with van der Waals surface area (Å²) in [4.78, 5) is 0. The molecule has 2 aliphatic carbocycles. The highest BCUT2D eigenvalue weighted by atomic mass is 32.2. The van der Waals surface area contributed by atoms with Crippen LogP contribution in [0.4, 0.5) is 0 Å². The zero-order valence-electron chi connectivity index (χ0n) is 10.1. The molecule has 100 valence electrons. The van der Waals surface area contributed by atoms with E-state index in [1.165, 1.54) is 0 Å². The molecule has 5 nitrogen and oxygen atoms in total. The molecule has 0 atom stereocenters. The largest absolute Gasteiger partial charge is 0.273 e. The molecule has 0 unspecified atom stereocenters. The van der Waals surface area contributed by atoms with Crippen molar-refractivity contribution < 1.29 is 21.0 Å². The monoisotopic (exact) mass is 282 g/mol. The minimum absolute atomic E-state index is 0.110. The molecule has 0 heterocycles. The Hall–Kier alpha value is -0.140. The lowest BCUT2D eigenvalue weighted by Crippen LogP contribution is -2.36. The van der Waals surface area contributed by atoms with E-state index in [4.69, 9.17) is 0 Å². The maximum Gasteiger partial charge on any atom is 0.268 e. The summed E-state index contributed by atoms with van der Waals surface area (Å²) in [5, 5.41) is 0. The van der Waals surface area contributed by atoms with Crippen molar-refractivity contribution in [2.75, 3.05) is 18.6 Å². The predicted octanol–water partition coefficient (Wildman–Crippen LogP) is 0.710. The van der Waals surface area contributed by atoms with Crippen LogP contribution in [0.25, 0.3) is 0 Å². The van der Waals surface area contributed by atoms with Gasteiger partial charge < -0.3 is 0 Å². The number of sulfone groups is 1. The molecule has 7 heteroatoms. The summed E-state index contributed by atoms with van der Waals surface area (Å²) in [7, 11) is -5.99. The maximum atomic E-state index is 12.2. The molecule has 17 heavy (non-hydrogen) atoms. The van der Waals surface area contributed by atoms with Crippen LogP contribution < -0.4 is 0 Å². The van der Waals surface area contributed by atoms with Gasteiger partial charge in [0.05, 0.1) is 23.4 Å². The lowest BCUT2D eigenvalue weighted by atomic mass is 10.2. The van der Waals surface area contributed by atoms with Gasteiger partial charge in [0.2, 0.25) is 0 Å². The summed E-state index contributed by atoms with van der Waals surface area (Å²) in [5.74, 6) is -0.284. The average molecular weight is 282 g/mol. The van der Waals surface area contributed by atoms with Crippen molar-refractivity contribution >= 4 is 20.0 Å². The van der Waals surface area contributed by atoms with E-state index in [1.807, 2.05) is 6.92 Å². The Balaban J connectivity index is 2.16. The van der Waals surface area contributed by atoms with Crippen LogP contribution in [0.1, 0.15) is 32.6 Å². The Bertz CT molecular complexity index is 509. The predicted molar refractivity (Wildman–Crippen MR) is 63.9 cm³/mol. The Morgan fingerprint density at radius 1 is 1.00 bits per heavy atom. The highest BCUT2D eigenvalue weighted by Gasteiger charge is 2.59. The molecular weight excluding hydrogens is 264 g/mol. The van der Waals surface area contributed by atoms with Crippen LogP contribution in [0.2, 0.25) is 0 Å². The fourth-order valence-corrected chi connectivity index (χ4v) is 6.47. The van der Waals surface area contributed by atoms with Crippen molar-refractivity contribution in [1.82, 2.24) is 0 Å². The Kier molecular flexibility index (Phi) is 2.88. The fourth-order valence-electron chi connectivity index (χ4n) is 2.04. The lowest BCUT2D eigenvalue weighted by molar-refractivity contribution is 0.396. The third kappa shape index (κ3) is 2.66. The molecule has 0 aliphatic heterocycles. The van der Waals surface area contributed by atoms with Crippen molar-refractivity contribution in [3.8, 4) is 0 Å². The Labute approximate surface area is 103 Å². The minimum Gasteiger partial charge on any atom is -0.273 e. The van der Waals surface area contributed by atoms with Crippen molar-refractivity contribution in [3.05, 3.63) is 0 Å². The van der Waals surface area contributed by atoms with Crippen LogP contribution in [0.3, 0.4) is 0 Å². The molecule has 2 aliphatic rings. The summed E-state index contributed by atoms with van der Waals surface area (Å²) in [6.45, 7) is 1.94. The van der Waals surface area contributed by atoms with Gasteiger partial charge in [-0.05, 0) is 31.1 Å². The molecule has 0 aromatic carbocycles. The molecular formula is C10H18O5S2. The molecule has 2 saturated carbocycles. The van der Waals surface area contributed by atoms with Gasteiger partial charge in [0.25, 0.3) is 10.1 Å². The zero-order valence-corrected chi connectivity index (χ0v) is 11.7. The summed E-state index contributed by atoms with van der Waals surface area (Å²) >= 11 is 0. The molecule has 0 radical (unpaired) electrons. The number of hydrogen-bond acceptors (Lipinski definition) is 5. The van der Waals surface area contributed by atoms with Gasteiger partial charge in [0.1, 0.15) is 0 Å². The van der Waals surface area contributed by atoms with E-state index >= 15 is 0 Å². The van der Waals surface area contributed by atoms with Gasteiger partial charge in [-0.3, -0.25) is 4.18 Å². The lowest BCUT2D eigenvalue weighted by Gasteiger charge is -2.18. The molecule has 0 aromatic heterocycles. The van der Waals surface area contributed by atoms with Crippen LogP contribution in [0, 0.1) is 5.41 Å². The topological polar surface area (TPSA) is 77.5 Å². The maximum absolute atomic E-state index is 12.2. The van der Waals surface area contributed by atoms with Gasteiger partial charge >= 0.3 is 0 Å². The second kappa shape index (κ2) is 3.68. The van der Waals surface area contributed by atoms with Gasteiger partial charge in [0.15, 0.2) is 9.84 Å². The van der Waals surface area contributed by atoms with Crippen molar-refractivity contribution in [2.24, 2.45) is 5.41 Å². The quantitative estimate of drug-likeness (QED) is 0.670. The van der Waals surface area contributed by atoms with E-state index in [1.54, 1.807) is 0 Å². The standard InChI is InChI=1S/C10H18O5S2/c1-9(3-4-9)7-16(11,12)10(5-6-10)8-17(13,14)15-2/h3-8H2,1-2H3. The van der Waals surface area contributed by atoms with Crippen molar-refractivity contribution in [3.63, 3.8) is 0 Å². The average Bonchev–Trinajstić information content (AvgIpc) is 3.05. The van der Waals surface area contributed by atoms with Crippen molar-refractivity contribution in [1.29, 1.82) is 0 Å². The molecule has 0 amide bonds. The first-order chi connectivity index (χ1) is 7.64. The van der Waals surface area contributed by atoms with Gasteiger partial charge in [-0.1, -0.05) is 6.92 Å². The van der Waals surface area contributed by atoms with Crippen LogP contribution >= 0.6 is 0 Å². The SMILES string of the molecule is COS(=O)(=O)CC1(S(=O)(=O)CC2(C)CC2)CC1. The Morgan fingerprint density at radius 3 is 1.88 bits per heavy atom. The van der Waals surface area contributed by atoms with E-state index < -0.39 is 30.5 Å². The Morgan fingerprint density at radius 2 is 1.53 bits per heavy atom. The summed E-state index contributed by atoms with van der Waals surface area (Å²) < 4.78 is 50.6. The number of rotatable bonds is 6. The van der Waals surface area contributed by atoms with E-state index in [9.17, 15) is 16.8 Å². The van der Waals surface area contributed by atoms with Gasteiger partial charge in [-0.25, -0.2) is 8.42 Å². The summed E-state index contributed by atoms with van der Waals surface area (Å²) in [5.41, 5.74) is -0.120. The smallest absolute Gasteiger partial charge is 0.268 e. The highest BCUT2D eigenvalue weighted by molar-refractivity contribution is 7.95. The fraction of sp³-hybridized carbons (Fsp3) is 1.00. The first-order valence-electron chi connectivity index (χ1n) is 5.64. The van der Waals surface area contributed by atoms with Gasteiger partial charge in [0, 0.05) is 0 Å². The molecule has 0 N–H and O–H groups in total. The third-order valence-corrected chi connectivity index (χ3v) is 8.35. The third-order valence-electron chi connectivity index (χ3n) is 3.80. The summed E-state index contributed by atoms with van der Waals surface area (Å²) in [6, 6.07) is 0. The molecule has 0 aromatic rings. The second-order valence-corrected chi connectivity index (χ2v) is 9.74. The van der Waals surface area contributed by atoms with Gasteiger partial charge in [-0.2, -0.15) is 8.42 Å². The number of hydrogen-bond donors (Lipinski definition) is 0. The van der Waals surface area contributed by atoms with Crippen molar-refractivity contribution in [2.45, 2.75) is 37.4 Å². The first kappa shape index (κ1) is 13.3. The van der Waals surface area contributed by atoms with Crippen LogP contribution in [0.5, 0.6) is 0 Å². The van der Waals surface area contributed by atoms with E-state index in [0.717, 1.165) is 20.0 Å². The van der Waals surface area contributed by atoms with E-state index in [2.05, 4.69) is 4.18 Å². The molecule has 0 spiro atoms. The zero-order chi connectivity index (χ0) is 12.9. The first-order valence-corrected chi connectivity index (χ1v) is 8.87. The normalized spacial score (nSPS) is 25.5. The highest BCUT2D eigenvalue weighted by Crippen LogP contribution is 2.52. The van der Waals surface area contributed by atoms with Crippen LogP contribution in [0.15, 0.2) is 0 Å². The van der Waals surface area contributed by atoms with E-state index in [-0.39, 0.29) is 11.2 Å². The molecule has 2 rings (SSSR count). The molecule has 0 saturated heterocycles. The van der Waals surface area contributed by atoms with Gasteiger partial charge in [-0.15, -0.1) is 0 Å². The molecule has 2 fully saturated rings. The van der Waals surface area contributed by atoms with Crippen LogP contribution in [-0.4, -0.2) is 40.2 Å². The minimum atomic E-state index is -3.71. The second-order valence-electron chi connectivity index (χ2n) is 5.62.